The molecule has 7 nitrogen and oxygen atoms in total. The number of carboxylic acids is 1. The number of hydrogen-bond acceptors (Lipinski definition) is 5. The number of nitrogens with zero attached hydrogens (tertiary/aromatic N) is 1. The predicted octanol–water partition coefficient (Wildman–Crippen LogP) is 2.10. The number of carboxylic acid groups (broad SMARTS) is 1. The van der Waals surface area contributed by atoms with Crippen LogP contribution in [-0.4, -0.2) is 23.7 Å². The number of fused-ring (bicyclic) bond motifs is 1. The molecule has 3 amide bonds. The SMILES string of the molecule is O=C([O-])c1ccc(NC(=O)c2ccc3c(c2)C(=O)N(c2ccccc2)C3=O)cc1. The number of benzene rings is 3. The maximum absolute atomic E-state index is 12.8. The van der Waals surface area contributed by atoms with Gasteiger partial charge in [0.15, 0.2) is 0 Å². The van der Waals surface area contributed by atoms with E-state index in [0.717, 1.165) is 4.90 Å². The summed E-state index contributed by atoms with van der Waals surface area (Å²) >= 11 is 0. The van der Waals surface area contributed by atoms with Crippen molar-refractivity contribution in [2.75, 3.05) is 10.2 Å². The molecule has 0 radical (unpaired) electrons. The first-order valence-corrected chi connectivity index (χ1v) is 8.66. The van der Waals surface area contributed by atoms with Gasteiger partial charge in [-0.05, 0) is 48.0 Å². The summed E-state index contributed by atoms with van der Waals surface area (Å²) in [6.07, 6.45) is 0. The van der Waals surface area contributed by atoms with Crippen molar-refractivity contribution in [3.05, 3.63) is 95.1 Å². The Morgan fingerprint density at radius 3 is 2.03 bits per heavy atom. The molecule has 1 N–H and O–H groups in total. The molecule has 7 heteroatoms. The number of imide groups is 1. The van der Waals surface area contributed by atoms with E-state index >= 15 is 0 Å². The second-order valence-corrected chi connectivity index (χ2v) is 6.36. The van der Waals surface area contributed by atoms with Crippen molar-refractivity contribution in [2.24, 2.45) is 0 Å². The molecule has 0 bridgehead atoms. The van der Waals surface area contributed by atoms with Gasteiger partial charge in [-0.25, -0.2) is 4.90 Å². The Morgan fingerprint density at radius 1 is 0.759 bits per heavy atom. The summed E-state index contributed by atoms with van der Waals surface area (Å²) in [4.78, 5) is 49.8. The van der Waals surface area contributed by atoms with Gasteiger partial charge in [0.05, 0.1) is 22.8 Å². The first kappa shape index (κ1) is 18.1. The van der Waals surface area contributed by atoms with Gasteiger partial charge in [0, 0.05) is 11.3 Å². The fourth-order valence-corrected chi connectivity index (χ4v) is 3.09. The summed E-state index contributed by atoms with van der Waals surface area (Å²) in [6.45, 7) is 0. The van der Waals surface area contributed by atoms with E-state index in [0.29, 0.717) is 11.4 Å². The molecule has 3 aromatic carbocycles. The summed E-state index contributed by atoms with van der Waals surface area (Å²) in [5, 5.41) is 13.4. The second kappa shape index (κ2) is 7.05. The van der Waals surface area contributed by atoms with Crippen molar-refractivity contribution >= 4 is 35.1 Å². The summed E-state index contributed by atoms with van der Waals surface area (Å²) < 4.78 is 0. The summed E-state index contributed by atoms with van der Waals surface area (Å²) in [5.74, 6) is -2.75. The second-order valence-electron chi connectivity index (χ2n) is 6.36. The Labute approximate surface area is 165 Å². The highest BCUT2D eigenvalue weighted by molar-refractivity contribution is 6.34. The van der Waals surface area contributed by atoms with E-state index < -0.39 is 23.7 Å². The number of carbonyl (C=O) groups is 4. The lowest BCUT2D eigenvalue weighted by Crippen LogP contribution is -2.29. The van der Waals surface area contributed by atoms with Gasteiger partial charge in [0.2, 0.25) is 0 Å². The zero-order valence-corrected chi connectivity index (χ0v) is 14.9. The summed E-state index contributed by atoms with van der Waals surface area (Å²) in [7, 11) is 0. The average Bonchev–Trinajstić information content (AvgIpc) is 2.99. The number of rotatable bonds is 4. The van der Waals surface area contributed by atoms with Gasteiger partial charge in [-0.2, -0.15) is 0 Å². The maximum Gasteiger partial charge on any atom is 0.266 e. The minimum atomic E-state index is -1.31. The normalized spacial score (nSPS) is 12.6. The monoisotopic (exact) mass is 385 g/mol. The number of nitrogens with one attached hydrogen (secondary N) is 1. The molecule has 4 rings (SSSR count). The summed E-state index contributed by atoms with van der Waals surface area (Å²) in [6, 6.07) is 18.3. The Balaban J connectivity index is 1.59. The molecule has 0 unspecified atom stereocenters. The Hall–Kier alpha value is -4.26. The number of hydrogen-bond donors (Lipinski definition) is 1. The molecule has 29 heavy (non-hydrogen) atoms. The molecule has 0 spiro atoms. The molecular weight excluding hydrogens is 372 g/mol. The Morgan fingerprint density at radius 2 is 1.38 bits per heavy atom. The average molecular weight is 385 g/mol. The largest absolute Gasteiger partial charge is 0.545 e. The van der Waals surface area contributed by atoms with E-state index in [2.05, 4.69) is 5.32 Å². The van der Waals surface area contributed by atoms with Crippen molar-refractivity contribution in [3.63, 3.8) is 0 Å². The van der Waals surface area contributed by atoms with E-state index in [1.54, 1.807) is 30.3 Å². The maximum atomic E-state index is 12.8. The lowest BCUT2D eigenvalue weighted by Gasteiger charge is -2.13. The molecule has 1 aliphatic heterocycles. The predicted molar refractivity (Wildman–Crippen MR) is 103 cm³/mol. The van der Waals surface area contributed by atoms with Crippen molar-refractivity contribution in [2.45, 2.75) is 0 Å². The molecule has 3 aromatic rings. The van der Waals surface area contributed by atoms with Crippen LogP contribution in [0.5, 0.6) is 0 Å². The van der Waals surface area contributed by atoms with Crippen LogP contribution in [0.4, 0.5) is 11.4 Å². The van der Waals surface area contributed by atoms with Crippen molar-refractivity contribution in [1.82, 2.24) is 0 Å². The van der Waals surface area contributed by atoms with Gasteiger partial charge >= 0.3 is 0 Å². The van der Waals surface area contributed by atoms with E-state index in [1.165, 1.54) is 42.5 Å². The molecule has 1 aliphatic rings. The van der Waals surface area contributed by atoms with Gasteiger partial charge < -0.3 is 15.2 Å². The molecule has 1 heterocycles. The Kier molecular flexibility index (Phi) is 4.40. The first-order chi connectivity index (χ1) is 14.0. The van der Waals surface area contributed by atoms with Crippen LogP contribution in [0.2, 0.25) is 0 Å². The number of anilines is 2. The molecule has 0 aliphatic carbocycles. The highest BCUT2D eigenvalue weighted by Crippen LogP contribution is 2.29. The lowest BCUT2D eigenvalue weighted by atomic mass is 10.1. The third kappa shape index (κ3) is 3.25. The van der Waals surface area contributed by atoms with E-state index in [4.69, 9.17) is 0 Å². The molecule has 0 fully saturated rings. The van der Waals surface area contributed by atoms with Gasteiger partial charge in [-0.1, -0.05) is 30.3 Å². The smallest absolute Gasteiger partial charge is 0.266 e. The fraction of sp³-hybridized carbons (Fsp3) is 0. The minimum absolute atomic E-state index is 0.00866. The summed E-state index contributed by atoms with van der Waals surface area (Å²) in [5.41, 5.74) is 1.41. The third-order valence-corrected chi connectivity index (χ3v) is 4.54. The zero-order chi connectivity index (χ0) is 20.5. The number of aromatic carboxylic acids is 1. The highest BCUT2D eigenvalue weighted by atomic mass is 16.4. The van der Waals surface area contributed by atoms with E-state index in [9.17, 15) is 24.3 Å². The van der Waals surface area contributed by atoms with Gasteiger partial charge in [-0.15, -0.1) is 0 Å². The number of amides is 3. The van der Waals surface area contributed by atoms with Crippen LogP contribution in [0.1, 0.15) is 41.4 Å². The highest BCUT2D eigenvalue weighted by Gasteiger charge is 2.37. The zero-order valence-electron chi connectivity index (χ0n) is 14.9. The fourth-order valence-electron chi connectivity index (χ4n) is 3.09. The van der Waals surface area contributed by atoms with Crippen LogP contribution >= 0.6 is 0 Å². The standard InChI is InChI=1S/C22H14N2O5/c25-19(23-15-9-6-13(7-10-15)22(28)29)14-8-11-17-18(12-14)21(27)24(20(17)26)16-4-2-1-3-5-16/h1-12H,(H,23,25)(H,28,29)/p-1. The van der Waals surface area contributed by atoms with Crippen molar-refractivity contribution < 1.29 is 24.3 Å². The molecule has 0 aromatic heterocycles. The first-order valence-electron chi connectivity index (χ1n) is 8.66. The van der Waals surface area contributed by atoms with Crippen LogP contribution in [0.3, 0.4) is 0 Å². The van der Waals surface area contributed by atoms with Crippen LogP contribution in [0.25, 0.3) is 0 Å². The van der Waals surface area contributed by atoms with Crippen molar-refractivity contribution in [1.29, 1.82) is 0 Å². The van der Waals surface area contributed by atoms with E-state index in [-0.39, 0.29) is 22.3 Å². The molecular formula is C22H13N2O5-. The van der Waals surface area contributed by atoms with Crippen molar-refractivity contribution in [3.8, 4) is 0 Å². The minimum Gasteiger partial charge on any atom is -0.545 e. The molecule has 0 atom stereocenters. The third-order valence-electron chi connectivity index (χ3n) is 4.54. The van der Waals surface area contributed by atoms with Gasteiger partial charge in [-0.3, -0.25) is 14.4 Å². The van der Waals surface area contributed by atoms with Gasteiger partial charge in [0.1, 0.15) is 0 Å². The van der Waals surface area contributed by atoms with Crippen LogP contribution in [-0.2, 0) is 0 Å². The lowest BCUT2D eigenvalue weighted by molar-refractivity contribution is -0.255. The number of carbonyl (C=O) groups excluding carboxylic acids is 4. The van der Waals surface area contributed by atoms with Gasteiger partial charge in [0.25, 0.3) is 17.7 Å². The molecule has 0 saturated heterocycles. The Bertz CT molecular complexity index is 1150. The molecule has 142 valence electrons. The quantitative estimate of drug-likeness (QED) is 0.692. The topological polar surface area (TPSA) is 107 Å². The van der Waals surface area contributed by atoms with E-state index in [1.807, 2.05) is 0 Å². The number of para-hydroxylation sites is 1. The van der Waals surface area contributed by atoms with Crippen LogP contribution < -0.4 is 15.3 Å². The molecule has 0 saturated carbocycles. The van der Waals surface area contributed by atoms with Crippen LogP contribution in [0, 0.1) is 0 Å². The van der Waals surface area contributed by atoms with Crippen LogP contribution in [0.15, 0.2) is 72.8 Å².